The van der Waals surface area contributed by atoms with Crippen LogP contribution in [0.4, 0.5) is 0 Å². The van der Waals surface area contributed by atoms with Crippen LogP contribution in [-0.4, -0.2) is 24.2 Å². The average Bonchev–Trinajstić information content (AvgIpc) is 2.73. The summed E-state index contributed by atoms with van der Waals surface area (Å²) in [6.07, 6.45) is 20.2. The molecule has 0 saturated heterocycles. The molecule has 0 aromatic rings. The molecule has 4 aliphatic carbocycles. The van der Waals surface area contributed by atoms with Gasteiger partial charge >= 0.3 is 0 Å². The summed E-state index contributed by atoms with van der Waals surface area (Å²) in [6, 6.07) is 3.13. The third-order valence-electron chi connectivity index (χ3n) is 9.91. The van der Waals surface area contributed by atoms with Crippen molar-refractivity contribution in [2.24, 2.45) is 35.5 Å². The zero-order valence-corrected chi connectivity index (χ0v) is 20.7. The summed E-state index contributed by atoms with van der Waals surface area (Å²) in [5.74, 6) is 5.44. The molecule has 0 amide bonds. The lowest BCUT2D eigenvalue weighted by atomic mass is 9.67. The van der Waals surface area contributed by atoms with E-state index in [9.17, 15) is 0 Å². The van der Waals surface area contributed by atoms with E-state index in [-0.39, 0.29) is 0 Å². The molecule has 174 valence electrons. The van der Waals surface area contributed by atoms with Crippen LogP contribution in [0.3, 0.4) is 0 Å². The lowest BCUT2D eigenvalue weighted by Crippen LogP contribution is -2.55. The van der Waals surface area contributed by atoms with Gasteiger partial charge < -0.3 is 10.6 Å². The predicted octanol–water partition coefficient (Wildman–Crippen LogP) is 6.93. The number of hydrogen-bond acceptors (Lipinski definition) is 2. The Bertz CT molecular complexity index is 473. The molecule has 4 fully saturated rings. The van der Waals surface area contributed by atoms with E-state index in [0.29, 0.717) is 0 Å². The zero-order chi connectivity index (χ0) is 21.1. The first-order chi connectivity index (χ1) is 14.5. The number of nitrogens with one attached hydrogen (secondary N) is 2. The van der Waals surface area contributed by atoms with Gasteiger partial charge in [0.25, 0.3) is 0 Å². The van der Waals surface area contributed by atoms with E-state index in [1.54, 1.807) is 0 Å². The van der Waals surface area contributed by atoms with E-state index in [4.69, 9.17) is 0 Å². The fourth-order valence-electron chi connectivity index (χ4n) is 8.13. The fraction of sp³-hybridized carbons (Fsp3) is 1.00. The van der Waals surface area contributed by atoms with E-state index in [1.165, 1.54) is 89.9 Å². The first-order valence-electron chi connectivity index (χ1n) is 14.0. The summed E-state index contributed by atoms with van der Waals surface area (Å²) in [6.45, 7) is 9.95. The Balaban J connectivity index is 1.40. The molecule has 0 aliphatic heterocycles. The smallest absolute Gasteiger partial charge is 0.0101 e. The van der Waals surface area contributed by atoms with Gasteiger partial charge in [0, 0.05) is 24.2 Å². The largest absolute Gasteiger partial charge is 0.311 e. The van der Waals surface area contributed by atoms with Crippen molar-refractivity contribution < 1.29 is 0 Å². The molecule has 0 spiro atoms. The molecule has 2 N–H and O–H groups in total. The van der Waals surface area contributed by atoms with Crippen molar-refractivity contribution in [3.05, 3.63) is 0 Å². The average molecular weight is 417 g/mol. The zero-order valence-electron chi connectivity index (χ0n) is 20.7. The van der Waals surface area contributed by atoms with Crippen LogP contribution in [0.5, 0.6) is 0 Å². The minimum Gasteiger partial charge on any atom is -0.311 e. The first kappa shape index (κ1) is 23.1. The topological polar surface area (TPSA) is 24.1 Å². The van der Waals surface area contributed by atoms with E-state index < -0.39 is 0 Å². The Kier molecular flexibility index (Phi) is 8.23. The van der Waals surface area contributed by atoms with Crippen LogP contribution < -0.4 is 10.6 Å². The molecule has 0 radical (unpaired) electrons. The third-order valence-corrected chi connectivity index (χ3v) is 9.91. The number of hydrogen-bond donors (Lipinski definition) is 2. The second kappa shape index (κ2) is 10.7. The SMILES string of the molecule is CC1CCC(NC2CCCCC2C2CCCCC2NC2CCC(C)CC2C)C(C)C1. The lowest BCUT2D eigenvalue weighted by molar-refractivity contribution is 0.0825. The van der Waals surface area contributed by atoms with Gasteiger partial charge in [0.1, 0.15) is 0 Å². The van der Waals surface area contributed by atoms with Gasteiger partial charge in [0.05, 0.1) is 0 Å². The summed E-state index contributed by atoms with van der Waals surface area (Å²) >= 11 is 0. The Morgan fingerprint density at radius 1 is 0.433 bits per heavy atom. The Hall–Kier alpha value is -0.0800. The highest BCUT2D eigenvalue weighted by Gasteiger charge is 2.40. The van der Waals surface area contributed by atoms with Crippen LogP contribution in [-0.2, 0) is 0 Å². The highest BCUT2D eigenvalue weighted by molar-refractivity contribution is 4.97. The summed E-state index contributed by atoms with van der Waals surface area (Å²) in [4.78, 5) is 0. The summed E-state index contributed by atoms with van der Waals surface area (Å²) < 4.78 is 0. The van der Waals surface area contributed by atoms with Gasteiger partial charge in [-0.25, -0.2) is 0 Å². The molecule has 2 heteroatoms. The monoisotopic (exact) mass is 416 g/mol. The highest BCUT2D eigenvalue weighted by atomic mass is 15.0. The normalized spacial score (nSPS) is 48.4. The Labute approximate surface area is 188 Å². The van der Waals surface area contributed by atoms with Crippen molar-refractivity contribution in [2.45, 2.75) is 142 Å². The van der Waals surface area contributed by atoms with Crippen LogP contribution in [0, 0.1) is 35.5 Å². The maximum Gasteiger partial charge on any atom is 0.0101 e. The van der Waals surface area contributed by atoms with Crippen molar-refractivity contribution in [2.75, 3.05) is 0 Å². The molecule has 4 rings (SSSR count). The number of rotatable bonds is 5. The summed E-state index contributed by atoms with van der Waals surface area (Å²) in [5.41, 5.74) is 0. The molecular formula is C28H52N2. The van der Waals surface area contributed by atoms with Gasteiger partial charge in [-0.05, 0) is 99.7 Å². The molecule has 30 heavy (non-hydrogen) atoms. The maximum absolute atomic E-state index is 4.29. The van der Waals surface area contributed by atoms with Crippen LogP contribution >= 0.6 is 0 Å². The van der Waals surface area contributed by atoms with Crippen molar-refractivity contribution >= 4 is 0 Å². The molecule has 10 unspecified atom stereocenters. The quantitative estimate of drug-likeness (QED) is 0.507. The van der Waals surface area contributed by atoms with Crippen molar-refractivity contribution in [1.82, 2.24) is 10.6 Å². The van der Waals surface area contributed by atoms with Crippen LogP contribution in [0.25, 0.3) is 0 Å². The van der Waals surface area contributed by atoms with Crippen molar-refractivity contribution in [3.63, 3.8) is 0 Å². The Morgan fingerprint density at radius 2 is 0.833 bits per heavy atom. The first-order valence-corrected chi connectivity index (χ1v) is 14.0. The van der Waals surface area contributed by atoms with Gasteiger partial charge in [-0.1, -0.05) is 53.4 Å². The van der Waals surface area contributed by atoms with E-state index in [2.05, 4.69) is 38.3 Å². The van der Waals surface area contributed by atoms with Crippen molar-refractivity contribution in [1.29, 1.82) is 0 Å². The summed E-state index contributed by atoms with van der Waals surface area (Å²) in [7, 11) is 0. The molecule has 0 heterocycles. The van der Waals surface area contributed by atoms with Crippen molar-refractivity contribution in [3.8, 4) is 0 Å². The third kappa shape index (κ3) is 5.64. The van der Waals surface area contributed by atoms with Crippen LogP contribution in [0.1, 0.15) is 118 Å². The molecule has 2 nitrogen and oxygen atoms in total. The van der Waals surface area contributed by atoms with E-state index in [0.717, 1.165) is 59.7 Å². The molecular weight excluding hydrogens is 364 g/mol. The molecule has 0 bridgehead atoms. The molecule has 4 saturated carbocycles. The van der Waals surface area contributed by atoms with Crippen LogP contribution in [0.2, 0.25) is 0 Å². The van der Waals surface area contributed by atoms with Gasteiger partial charge in [0.2, 0.25) is 0 Å². The molecule has 0 aromatic carbocycles. The van der Waals surface area contributed by atoms with Crippen LogP contribution in [0.15, 0.2) is 0 Å². The highest BCUT2D eigenvalue weighted by Crippen LogP contribution is 2.41. The molecule has 10 atom stereocenters. The van der Waals surface area contributed by atoms with E-state index >= 15 is 0 Å². The molecule has 4 aliphatic rings. The fourth-order valence-corrected chi connectivity index (χ4v) is 8.13. The second-order valence-electron chi connectivity index (χ2n) is 12.4. The maximum atomic E-state index is 4.29. The van der Waals surface area contributed by atoms with Gasteiger partial charge in [-0.15, -0.1) is 0 Å². The lowest BCUT2D eigenvalue weighted by Gasteiger charge is -2.47. The van der Waals surface area contributed by atoms with E-state index in [1.807, 2.05) is 0 Å². The minimum absolute atomic E-state index is 0.779. The summed E-state index contributed by atoms with van der Waals surface area (Å²) in [5, 5.41) is 8.57. The Morgan fingerprint density at radius 3 is 1.23 bits per heavy atom. The van der Waals surface area contributed by atoms with Gasteiger partial charge in [-0.3, -0.25) is 0 Å². The minimum atomic E-state index is 0.779. The second-order valence-corrected chi connectivity index (χ2v) is 12.4. The predicted molar refractivity (Wildman–Crippen MR) is 130 cm³/mol. The van der Waals surface area contributed by atoms with Gasteiger partial charge in [-0.2, -0.15) is 0 Å². The molecule has 0 aromatic heterocycles. The standard InChI is InChI=1S/C28H52N2/c1-19-13-15-25(21(3)17-19)29-27-11-7-5-9-23(27)24-10-6-8-12-28(24)30-26-16-14-20(2)18-22(26)4/h19-30H,5-18H2,1-4H3. The van der Waals surface area contributed by atoms with Gasteiger partial charge in [0.15, 0.2) is 0 Å².